The van der Waals surface area contributed by atoms with E-state index in [0.717, 1.165) is 11.8 Å². The van der Waals surface area contributed by atoms with Gasteiger partial charge in [-0.25, -0.2) is 4.79 Å². The van der Waals surface area contributed by atoms with Gasteiger partial charge in [-0.15, -0.1) is 0 Å². The van der Waals surface area contributed by atoms with Crippen molar-refractivity contribution in [2.45, 2.75) is 9.92 Å². The summed E-state index contributed by atoms with van der Waals surface area (Å²) in [4.78, 5) is 26.0. The summed E-state index contributed by atoms with van der Waals surface area (Å²) in [5.41, 5.74) is -0.0629. The molecular weight excluding hydrogens is 296 g/mol. The normalized spacial score (nSPS) is 10.1. The molecule has 0 saturated carbocycles. The monoisotopic (exact) mass is 306 g/mol. The van der Waals surface area contributed by atoms with E-state index in [1.165, 1.54) is 31.4 Å². The van der Waals surface area contributed by atoms with Gasteiger partial charge in [0.15, 0.2) is 5.03 Å². The molecule has 0 aliphatic carbocycles. The van der Waals surface area contributed by atoms with Gasteiger partial charge in [-0.05, 0) is 18.2 Å². The van der Waals surface area contributed by atoms with Crippen molar-refractivity contribution in [1.29, 1.82) is 0 Å². The Labute approximate surface area is 123 Å². The van der Waals surface area contributed by atoms with Crippen LogP contribution in [0.2, 0.25) is 0 Å². The Morgan fingerprint density at radius 2 is 2.14 bits per heavy atom. The SMILES string of the molecule is COc1ccc([N+](=O)[O-])c(Sc2cccc(C(=O)O)c2)n1. The zero-order valence-corrected chi connectivity index (χ0v) is 11.7. The van der Waals surface area contributed by atoms with Crippen LogP contribution in [0.25, 0.3) is 0 Å². The highest BCUT2D eigenvalue weighted by Crippen LogP contribution is 2.34. The van der Waals surface area contributed by atoms with Gasteiger partial charge in [0.05, 0.1) is 17.6 Å². The van der Waals surface area contributed by atoms with E-state index in [1.54, 1.807) is 12.1 Å². The van der Waals surface area contributed by atoms with Crippen molar-refractivity contribution in [3.63, 3.8) is 0 Å². The quantitative estimate of drug-likeness (QED) is 0.669. The van der Waals surface area contributed by atoms with E-state index in [1.807, 2.05) is 0 Å². The maximum atomic E-state index is 11.0. The molecule has 0 aliphatic rings. The molecule has 1 N–H and O–H groups in total. The highest BCUT2D eigenvalue weighted by molar-refractivity contribution is 7.99. The van der Waals surface area contributed by atoms with Gasteiger partial charge in [0.2, 0.25) is 5.88 Å². The summed E-state index contributed by atoms with van der Waals surface area (Å²) in [6.45, 7) is 0. The van der Waals surface area contributed by atoms with E-state index < -0.39 is 10.9 Å². The number of carbonyl (C=O) groups is 1. The van der Waals surface area contributed by atoms with Crippen molar-refractivity contribution in [3.05, 3.63) is 52.1 Å². The van der Waals surface area contributed by atoms with Crippen molar-refractivity contribution in [2.24, 2.45) is 0 Å². The lowest BCUT2D eigenvalue weighted by Crippen LogP contribution is -1.97. The number of hydrogen-bond donors (Lipinski definition) is 1. The Bertz CT molecular complexity index is 705. The molecule has 0 amide bonds. The molecular formula is C13H10N2O5S. The number of ether oxygens (including phenoxy) is 1. The first-order valence-electron chi connectivity index (χ1n) is 5.72. The molecule has 1 aromatic heterocycles. The van der Waals surface area contributed by atoms with Crippen molar-refractivity contribution in [3.8, 4) is 5.88 Å². The summed E-state index contributed by atoms with van der Waals surface area (Å²) in [6, 6.07) is 8.79. The number of carboxylic acids is 1. The molecule has 0 fully saturated rings. The molecule has 0 aliphatic heterocycles. The van der Waals surface area contributed by atoms with Crippen LogP contribution in [-0.2, 0) is 0 Å². The summed E-state index contributed by atoms with van der Waals surface area (Å²) >= 11 is 1.01. The first-order chi connectivity index (χ1) is 10.0. The lowest BCUT2D eigenvalue weighted by molar-refractivity contribution is -0.388. The van der Waals surface area contributed by atoms with E-state index in [9.17, 15) is 14.9 Å². The topological polar surface area (TPSA) is 103 Å². The van der Waals surface area contributed by atoms with Gasteiger partial charge < -0.3 is 9.84 Å². The average Bonchev–Trinajstić information content (AvgIpc) is 2.47. The van der Waals surface area contributed by atoms with E-state index in [2.05, 4.69) is 4.98 Å². The Hall–Kier alpha value is -2.61. The number of hydrogen-bond acceptors (Lipinski definition) is 6. The van der Waals surface area contributed by atoms with Crippen LogP contribution in [0, 0.1) is 10.1 Å². The summed E-state index contributed by atoms with van der Waals surface area (Å²) < 4.78 is 4.95. The lowest BCUT2D eigenvalue weighted by atomic mass is 10.2. The Balaban J connectivity index is 2.40. The summed E-state index contributed by atoms with van der Waals surface area (Å²) in [7, 11) is 1.41. The van der Waals surface area contributed by atoms with E-state index in [4.69, 9.17) is 9.84 Å². The van der Waals surface area contributed by atoms with Crippen LogP contribution in [0.4, 0.5) is 5.69 Å². The molecule has 2 aromatic rings. The third-order valence-corrected chi connectivity index (χ3v) is 3.50. The Morgan fingerprint density at radius 3 is 2.76 bits per heavy atom. The minimum atomic E-state index is -1.06. The molecule has 1 heterocycles. The zero-order valence-electron chi connectivity index (χ0n) is 10.8. The fourth-order valence-electron chi connectivity index (χ4n) is 1.55. The molecule has 21 heavy (non-hydrogen) atoms. The van der Waals surface area contributed by atoms with Crippen molar-refractivity contribution in [1.82, 2.24) is 4.98 Å². The van der Waals surface area contributed by atoms with Crippen LogP contribution in [0.3, 0.4) is 0 Å². The molecule has 0 bridgehead atoms. The molecule has 0 unspecified atom stereocenters. The second-order valence-corrected chi connectivity index (χ2v) is 4.93. The van der Waals surface area contributed by atoms with Gasteiger partial charge in [-0.1, -0.05) is 17.8 Å². The van der Waals surface area contributed by atoms with Gasteiger partial charge >= 0.3 is 11.7 Å². The zero-order chi connectivity index (χ0) is 15.4. The molecule has 0 atom stereocenters. The number of aromatic nitrogens is 1. The van der Waals surface area contributed by atoms with Gasteiger partial charge in [0.1, 0.15) is 0 Å². The number of benzene rings is 1. The number of rotatable bonds is 5. The molecule has 0 saturated heterocycles. The van der Waals surface area contributed by atoms with Crippen LogP contribution >= 0.6 is 11.8 Å². The Kier molecular flexibility index (Phi) is 4.39. The third kappa shape index (κ3) is 3.48. The van der Waals surface area contributed by atoms with Gasteiger partial charge in [0.25, 0.3) is 0 Å². The van der Waals surface area contributed by atoms with Crippen molar-refractivity contribution in [2.75, 3.05) is 7.11 Å². The number of nitrogens with zero attached hydrogens (tertiary/aromatic N) is 2. The van der Waals surface area contributed by atoms with Gasteiger partial charge in [0, 0.05) is 17.0 Å². The van der Waals surface area contributed by atoms with Crippen LogP contribution in [-0.4, -0.2) is 28.1 Å². The second kappa shape index (κ2) is 6.23. The molecule has 8 heteroatoms. The smallest absolute Gasteiger partial charge is 0.335 e. The van der Waals surface area contributed by atoms with Crippen LogP contribution in [0.15, 0.2) is 46.3 Å². The number of nitro groups is 1. The third-order valence-electron chi connectivity index (χ3n) is 2.52. The molecule has 0 spiro atoms. The highest BCUT2D eigenvalue weighted by Gasteiger charge is 2.18. The minimum absolute atomic E-state index is 0.102. The van der Waals surface area contributed by atoms with Crippen molar-refractivity contribution >= 4 is 23.4 Å². The lowest BCUT2D eigenvalue weighted by Gasteiger charge is -2.05. The average molecular weight is 306 g/mol. The first-order valence-corrected chi connectivity index (χ1v) is 6.53. The fraction of sp³-hybridized carbons (Fsp3) is 0.0769. The largest absolute Gasteiger partial charge is 0.481 e. The number of methoxy groups -OCH3 is 1. The minimum Gasteiger partial charge on any atom is -0.481 e. The fourth-order valence-corrected chi connectivity index (χ4v) is 2.49. The van der Waals surface area contributed by atoms with Gasteiger partial charge in [-0.2, -0.15) is 4.98 Å². The maximum Gasteiger partial charge on any atom is 0.335 e. The number of carboxylic acid groups (broad SMARTS) is 1. The highest BCUT2D eigenvalue weighted by atomic mass is 32.2. The first kappa shape index (κ1) is 14.8. The van der Waals surface area contributed by atoms with Crippen LogP contribution < -0.4 is 4.74 Å². The predicted octanol–water partition coefficient (Wildman–Crippen LogP) is 2.85. The standard InChI is InChI=1S/C13H10N2O5S/c1-20-11-6-5-10(15(18)19)12(14-11)21-9-4-2-3-8(7-9)13(16)17/h2-7H,1H3,(H,16,17). The van der Waals surface area contributed by atoms with E-state index >= 15 is 0 Å². The summed E-state index contributed by atoms with van der Waals surface area (Å²) in [6.07, 6.45) is 0. The summed E-state index contributed by atoms with van der Waals surface area (Å²) in [5.74, 6) is -0.817. The van der Waals surface area contributed by atoms with Crippen LogP contribution in [0.1, 0.15) is 10.4 Å². The number of pyridine rings is 1. The molecule has 0 radical (unpaired) electrons. The Morgan fingerprint density at radius 1 is 1.38 bits per heavy atom. The van der Waals surface area contributed by atoms with E-state index in [0.29, 0.717) is 4.90 Å². The molecule has 2 rings (SSSR count). The maximum absolute atomic E-state index is 11.0. The number of aromatic carboxylic acids is 1. The molecule has 1 aromatic carbocycles. The summed E-state index contributed by atoms with van der Waals surface area (Å²) in [5, 5.41) is 20.1. The molecule has 108 valence electrons. The molecule has 7 nitrogen and oxygen atoms in total. The van der Waals surface area contributed by atoms with Gasteiger partial charge in [-0.3, -0.25) is 10.1 Å². The van der Waals surface area contributed by atoms with Crippen LogP contribution in [0.5, 0.6) is 5.88 Å². The van der Waals surface area contributed by atoms with Crippen molar-refractivity contribution < 1.29 is 19.6 Å². The predicted molar refractivity (Wildman–Crippen MR) is 75.0 cm³/mol. The van der Waals surface area contributed by atoms with E-state index in [-0.39, 0.29) is 22.2 Å². The second-order valence-electron chi connectivity index (χ2n) is 3.87.